The van der Waals surface area contributed by atoms with Crippen LogP contribution in [-0.2, 0) is 22.7 Å². The van der Waals surface area contributed by atoms with Gasteiger partial charge in [0.2, 0.25) is 0 Å². The summed E-state index contributed by atoms with van der Waals surface area (Å²) in [5.74, 6) is 0.749. The molecule has 0 fully saturated rings. The third kappa shape index (κ3) is 4.64. The summed E-state index contributed by atoms with van der Waals surface area (Å²) in [5, 5.41) is 8.77. The maximum absolute atomic E-state index is 13.0. The third-order valence-electron chi connectivity index (χ3n) is 3.59. The molecule has 0 aliphatic rings. The number of nitrogens with zero attached hydrogens (tertiary/aromatic N) is 3. The molecule has 0 spiro atoms. The quantitative estimate of drug-likeness (QED) is 0.524. The van der Waals surface area contributed by atoms with Crippen molar-refractivity contribution in [3.05, 3.63) is 41.7 Å². The fraction of sp³-hybridized carbons (Fsp3) is 0.250. The van der Waals surface area contributed by atoms with E-state index in [1.807, 2.05) is 0 Å². The second-order valence-corrected chi connectivity index (χ2v) is 6.58. The molecular weight excluding hydrogens is 391 g/mol. The van der Waals surface area contributed by atoms with E-state index in [2.05, 4.69) is 15.0 Å². The predicted molar refractivity (Wildman–Crippen MR) is 88.6 cm³/mol. The van der Waals surface area contributed by atoms with Crippen LogP contribution in [0.1, 0.15) is 11.3 Å². The molecule has 1 atom stereocenters. The number of hydrogen-bond acceptors (Lipinski definition) is 6. The summed E-state index contributed by atoms with van der Waals surface area (Å²) >= 11 is 0. The van der Waals surface area contributed by atoms with E-state index in [9.17, 15) is 13.0 Å². The average molecular weight is 405 g/mol. The summed E-state index contributed by atoms with van der Waals surface area (Å²) in [6.45, 7) is 0. The molecule has 11 heteroatoms. The Morgan fingerprint density at radius 3 is 2.63 bits per heavy atom. The molecule has 27 heavy (non-hydrogen) atoms. The van der Waals surface area contributed by atoms with Gasteiger partial charge in [0.1, 0.15) is 0 Å². The number of fused-ring (bicyclic) bond motifs is 1. The minimum Gasteiger partial charge on any atom is -0.493 e. The van der Waals surface area contributed by atoms with Crippen LogP contribution < -0.4 is 44.0 Å². The number of rotatable bonds is 6. The zero-order valence-corrected chi connectivity index (χ0v) is 17.6. The van der Waals surface area contributed by atoms with Crippen LogP contribution in [0.2, 0.25) is 0 Å². The molecule has 0 saturated heterocycles. The van der Waals surface area contributed by atoms with Gasteiger partial charge in [0.15, 0.2) is 11.5 Å². The molecule has 2 aromatic heterocycles. The van der Waals surface area contributed by atoms with Gasteiger partial charge < -0.3 is 24.5 Å². The molecular formula is C16H14F2N3NaO4S. The Balaban J connectivity index is 0.00000261. The average Bonchev–Trinajstić information content (AvgIpc) is 3.04. The van der Waals surface area contributed by atoms with Crippen LogP contribution in [0.3, 0.4) is 0 Å². The monoisotopic (exact) mass is 405 g/mol. The van der Waals surface area contributed by atoms with Crippen molar-refractivity contribution < 1.29 is 57.1 Å². The fourth-order valence-electron chi connectivity index (χ4n) is 2.37. The summed E-state index contributed by atoms with van der Waals surface area (Å²) < 4.78 is 49.0. The smallest absolute Gasteiger partial charge is 0.493 e. The number of aliphatic hydroxyl groups is 1. The normalized spacial score (nSPS) is 12.5. The number of hydrogen-bond donors (Lipinski definition) is 1. The number of ether oxygens (including phenoxy) is 2. The van der Waals surface area contributed by atoms with E-state index < -0.39 is 22.5 Å². The van der Waals surface area contributed by atoms with E-state index in [4.69, 9.17) is 14.6 Å². The van der Waals surface area contributed by atoms with Crippen LogP contribution in [0.15, 0.2) is 35.6 Å². The van der Waals surface area contributed by atoms with Gasteiger partial charge in [-0.2, -0.15) is 8.78 Å². The third-order valence-corrected chi connectivity index (χ3v) is 4.72. The first-order chi connectivity index (χ1) is 12.3. The number of benzene rings is 1. The van der Waals surface area contributed by atoms with E-state index >= 15 is 0 Å². The Bertz CT molecular complexity index is 978. The SMILES string of the molecule is COc1ccnc(CS(=O)c2nc3cc(C(O)(F)F)ccc3[n-]2)c1OC.[Na+]. The van der Waals surface area contributed by atoms with Crippen molar-refractivity contribution >= 4 is 21.8 Å². The molecule has 1 aromatic carbocycles. The molecule has 0 amide bonds. The van der Waals surface area contributed by atoms with Crippen molar-refractivity contribution in [1.29, 1.82) is 0 Å². The molecule has 0 aliphatic heterocycles. The van der Waals surface area contributed by atoms with Gasteiger partial charge in [0.05, 0.1) is 42.0 Å². The Hall–Kier alpha value is -1.59. The van der Waals surface area contributed by atoms with Gasteiger partial charge in [-0.05, 0) is 17.1 Å². The van der Waals surface area contributed by atoms with E-state index in [1.165, 1.54) is 26.5 Å². The number of imidazole rings is 1. The van der Waals surface area contributed by atoms with Gasteiger partial charge >= 0.3 is 35.7 Å². The molecule has 0 bridgehead atoms. The van der Waals surface area contributed by atoms with Crippen molar-refractivity contribution in [2.75, 3.05) is 14.2 Å². The van der Waals surface area contributed by atoms with Gasteiger partial charge in [-0.3, -0.25) is 9.19 Å². The second-order valence-electron chi connectivity index (χ2n) is 5.23. The van der Waals surface area contributed by atoms with E-state index in [0.29, 0.717) is 22.7 Å². The van der Waals surface area contributed by atoms with E-state index in [0.717, 1.165) is 12.1 Å². The minimum atomic E-state index is -3.98. The molecule has 0 aliphatic carbocycles. The second kappa shape index (κ2) is 8.61. The molecule has 1 unspecified atom stereocenters. The molecule has 2 heterocycles. The van der Waals surface area contributed by atoms with Gasteiger partial charge in [0, 0.05) is 17.4 Å². The van der Waals surface area contributed by atoms with Crippen molar-refractivity contribution in [1.82, 2.24) is 15.0 Å². The summed E-state index contributed by atoms with van der Waals surface area (Å²) in [6.07, 6.45) is -2.49. The molecule has 3 aromatic rings. The zero-order chi connectivity index (χ0) is 18.9. The minimum absolute atomic E-state index is 0. The number of halogens is 2. The summed E-state index contributed by atoms with van der Waals surface area (Å²) in [4.78, 5) is 12.3. The standard InChI is InChI=1S/C16H14F2N3O4S.Na/c1-24-13-5-6-19-12(14(13)25-2)8-26(23)15-20-10-4-3-9(16(17,18)22)7-11(10)21-15;/h3-7,22H,8H2,1-2H3;/q-1;+1. The van der Waals surface area contributed by atoms with Crippen molar-refractivity contribution in [3.63, 3.8) is 0 Å². The van der Waals surface area contributed by atoms with Crippen LogP contribution in [0, 0.1) is 0 Å². The van der Waals surface area contributed by atoms with Crippen molar-refractivity contribution in [3.8, 4) is 11.5 Å². The first-order valence-corrected chi connectivity index (χ1v) is 8.64. The summed E-state index contributed by atoms with van der Waals surface area (Å²) in [7, 11) is 1.23. The van der Waals surface area contributed by atoms with Gasteiger partial charge in [-0.15, -0.1) is 0 Å². The van der Waals surface area contributed by atoms with E-state index in [1.54, 1.807) is 6.07 Å². The number of methoxy groups -OCH3 is 2. The first kappa shape index (κ1) is 21.7. The Morgan fingerprint density at radius 1 is 1.26 bits per heavy atom. The Morgan fingerprint density at radius 2 is 2.00 bits per heavy atom. The van der Waals surface area contributed by atoms with Gasteiger partial charge in [0.25, 0.3) is 0 Å². The first-order valence-electron chi connectivity index (χ1n) is 7.33. The van der Waals surface area contributed by atoms with Gasteiger partial charge in [-0.1, -0.05) is 12.1 Å². The predicted octanol–water partition coefficient (Wildman–Crippen LogP) is -1.04. The molecule has 138 valence electrons. The molecule has 3 rings (SSSR count). The summed E-state index contributed by atoms with van der Waals surface area (Å²) in [6, 6.07) is 4.94. The van der Waals surface area contributed by atoms with Crippen LogP contribution in [0.4, 0.5) is 8.78 Å². The largest absolute Gasteiger partial charge is 1.00 e. The molecule has 0 radical (unpaired) electrons. The van der Waals surface area contributed by atoms with Crippen LogP contribution in [-0.4, -0.2) is 33.5 Å². The fourth-order valence-corrected chi connectivity index (χ4v) is 3.35. The van der Waals surface area contributed by atoms with Crippen LogP contribution >= 0.6 is 0 Å². The Kier molecular flexibility index (Phi) is 6.92. The number of aromatic nitrogens is 3. The number of alkyl halides is 2. The molecule has 7 nitrogen and oxygen atoms in total. The topological polar surface area (TPSA) is 95.6 Å². The van der Waals surface area contributed by atoms with Crippen LogP contribution in [0.25, 0.3) is 11.0 Å². The maximum atomic E-state index is 13.0. The van der Waals surface area contributed by atoms with E-state index in [-0.39, 0.29) is 46.0 Å². The summed E-state index contributed by atoms with van der Waals surface area (Å²) in [5.41, 5.74) is 0.192. The molecule has 0 saturated carbocycles. The Labute approximate surface area is 177 Å². The zero-order valence-electron chi connectivity index (χ0n) is 14.8. The van der Waals surface area contributed by atoms with Crippen LogP contribution in [0.5, 0.6) is 11.5 Å². The maximum Gasteiger partial charge on any atom is 1.00 e. The van der Waals surface area contributed by atoms with Gasteiger partial charge in [-0.25, -0.2) is 0 Å². The molecule has 1 N–H and O–H groups in total. The van der Waals surface area contributed by atoms with Crippen molar-refractivity contribution in [2.24, 2.45) is 0 Å². The van der Waals surface area contributed by atoms with Crippen molar-refractivity contribution in [2.45, 2.75) is 17.0 Å². The number of pyridine rings is 1.